The largest absolute Gasteiger partial charge is 0.460 e. The average molecular weight is 405 g/mol. The number of halogens is 3. The predicted molar refractivity (Wildman–Crippen MR) is 106 cm³/mol. The Bertz CT molecular complexity index is 843. The van der Waals surface area contributed by atoms with Gasteiger partial charge in [0, 0.05) is 18.9 Å². The summed E-state index contributed by atoms with van der Waals surface area (Å²) in [7, 11) is 1.62. The third kappa shape index (κ3) is 4.49. The fourth-order valence-electron chi connectivity index (χ4n) is 4.39. The molecular weight excluding hydrogens is 379 g/mol. The molecule has 4 nitrogen and oxygen atoms in total. The van der Waals surface area contributed by atoms with E-state index in [4.69, 9.17) is 4.74 Å². The molecule has 4 rings (SSSR count). The first-order chi connectivity index (χ1) is 13.9. The van der Waals surface area contributed by atoms with Gasteiger partial charge < -0.3 is 9.64 Å². The minimum Gasteiger partial charge on any atom is -0.460 e. The summed E-state index contributed by atoms with van der Waals surface area (Å²) in [5.41, 5.74) is 1.01. The monoisotopic (exact) mass is 405 g/mol. The van der Waals surface area contributed by atoms with Gasteiger partial charge in [0.05, 0.1) is 0 Å². The zero-order valence-corrected chi connectivity index (χ0v) is 16.6. The SMILES string of the molecule is CN(c1cccc(C2CCCC2)c1)c1nc(OC2CCCC2)ncc1C(F)(F)F. The Balaban J connectivity index is 1.66. The van der Waals surface area contributed by atoms with E-state index in [1.54, 1.807) is 7.05 Å². The highest BCUT2D eigenvalue weighted by Gasteiger charge is 2.37. The number of nitrogens with zero attached hydrogens (tertiary/aromatic N) is 3. The number of aromatic nitrogens is 2. The molecule has 2 aromatic rings. The maximum absolute atomic E-state index is 13.6. The van der Waals surface area contributed by atoms with Gasteiger partial charge in [0.25, 0.3) is 0 Å². The van der Waals surface area contributed by atoms with E-state index in [9.17, 15) is 13.2 Å². The Morgan fingerprint density at radius 3 is 2.41 bits per heavy atom. The van der Waals surface area contributed by atoms with Crippen molar-refractivity contribution in [3.63, 3.8) is 0 Å². The summed E-state index contributed by atoms with van der Waals surface area (Å²) in [5, 5.41) is 0. The Morgan fingerprint density at radius 1 is 1.03 bits per heavy atom. The molecule has 1 heterocycles. The molecule has 0 atom stereocenters. The summed E-state index contributed by atoms with van der Waals surface area (Å²) in [4.78, 5) is 9.52. The second-order valence-electron chi connectivity index (χ2n) is 8.05. The minimum absolute atomic E-state index is 0.0127. The predicted octanol–water partition coefficient (Wildman–Crippen LogP) is 6.24. The van der Waals surface area contributed by atoms with Crippen LogP contribution < -0.4 is 9.64 Å². The molecule has 0 unspecified atom stereocenters. The quantitative estimate of drug-likeness (QED) is 0.590. The van der Waals surface area contributed by atoms with Crippen LogP contribution in [0.15, 0.2) is 30.5 Å². The van der Waals surface area contributed by atoms with Gasteiger partial charge in [-0.3, -0.25) is 0 Å². The van der Waals surface area contributed by atoms with E-state index in [1.165, 1.54) is 23.3 Å². The highest BCUT2D eigenvalue weighted by atomic mass is 19.4. The number of anilines is 2. The van der Waals surface area contributed by atoms with E-state index >= 15 is 0 Å². The van der Waals surface area contributed by atoms with Crippen molar-refractivity contribution in [3.05, 3.63) is 41.6 Å². The van der Waals surface area contributed by atoms with Gasteiger partial charge in [0.15, 0.2) is 5.82 Å². The molecule has 0 N–H and O–H groups in total. The maximum Gasteiger partial charge on any atom is 0.421 e. The maximum atomic E-state index is 13.6. The van der Waals surface area contributed by atoms with Crippen molar-refractivity contribution < 1.29 is 17.9 Å². The summed E-state index contributed by atoms with van der Waals surface area (Å²) < 4.78 is 46.7. The molecule has 29 heavy (non-hydrogen) atoms. The van der Waals surface area contributed by atoms with Gasteiger partial charge in [-0.15, -0.1) is 0 Å². The van der Waals surface area contributed by atoms with E-state index < -0.39 is 11.7 Å². The lowest BCUT2D eigenvalue weighted by atomic mass is 9.97. The van der Waals surface area contributed by atoms with Crippen LogP contribution in [0, 0.1) is 0 Å². The van der Waals surface area contributed by atoms with Crippen LogP contribution in [-0.2, 0) is 6.18 Å². The summed E-state index contributed by atoms with van der Waals surface area (Å²) in [5.74, 6) is 0.307. The van der Waals surface area contributed by atoms with Crippen LogP contribution in [0.5, 0.6) is 6.01 Å². The van der Waals surface area contributed by atoms with Crippen LogP contribution in [0.25, 0.3) is 0 Å². The van der Waals surface area contributed by atoms with Crippen molar-refractivity contribution in [2.24, 2.45) is 0 Å². The normalized spacial score (nSPS) is 18.3. The summed E-state index contributed by atoms with van der Waals surface area (Å²) in [6.07, 6.45) is 4.85. The molecule has 156 valence electrons. The summed E-state index contributed by atoms with van der Waals surface area (Å²) in [6, 6.07) is 7.78. The van der Waals surface area contributed by atoms with Gasteiger partial charge in [0.2, 0.25) is 0 Å². The van der Waals surface area contributed by atoms with E-state index in [-0.39, 0.29) is 17.9 Å². The second kappa shape index (κ2) is 8.20. The van der Waals surface area contributed by atoms with Gasteiger partial charge in [-0.05, 0) is 62.1 Å². The highest BCUT2D eigenvalue weighted by molar-refractivity contribution is 5.63. The van der Waals surface area contributed by atoms with Crippen LogP contribution >= 0.6 is 0 Å². The first-order valence-electron chi connectivity index (χ1n) is 10.4. The Labute approximate surface area is 169 Å². The molecule has 0 bridgehead atoms. The molecule has 0 radical (unpaired) electrons. The molecule has 0 spiro atoms. The van der Waals surface area contributed by atoms with E-state index in [0.717, 1.165) is 44.7 Å². The molecule has 2 fully saturated rings. The molecule has 1 aromatic heterocycles. The number of rotatable bonds is 5. The van der Waals surface area contributed by atoms with Crippen molar-refractivity contribution in [1.29, 1.82) is 0 Å². The molecule has 2 aliphatic rings. The first-order valence-corrected chi connectivity index (χ1v) is 10.4. The van der Waals surface area contributed by atoms with E-state index in [2.05, 4.69) is 16.0 Å². The van der Waals surface area contributed by atoms with Crippen molar-refractivity contribution in [1.82, 2.24) is 9.97 Å². The van der Waals surface area contributed by atoms with Gasteiger partial charge >= 0.3 is 12.2 Å². The van der Waals surface area contributed by atoms with Crippen LogP contribution in [0.2, 0.25) is 0 Å². The van der Waals surface area contributed by atoms with Gasteiger partial charge in [-0.1, -0.05) is 25.0 Å². The van der Waals surface area contributed by atoms with Crippen LogP contribution in [-0.4, -0.2) is 23.1 Å². The number of hydrogen-bond acceptors (Lipinski definition) is 4. The molecule has 7 heteroatoms. The molecule has 0 amide bonds. The third-order valence-electron chi connectivity index (χ3n) is 6.03. The topological polar surface area (TPSA) is 38.2 Å². The van der Waals surface area contributed by atoms with E-state index in [0.29, 0.717) is 11.6 Å². The van der Waals surface area contributed by atoms with Crippen molar-refractivity contribution in [3.8, 4) is 6.01 Å². The average Bonchev–Trinajstić information content (AvgIpc) is 3.41. The number of hydrogen-bond donors (Lipinski definition) is 0. The molecule has 2 aliphatic carbocycles. The molecular formula is C22H26F3N3O. The van der Waals surface area contributed by atoms with Gasteiger partial charge in [-0.25, -0.2) is 4.98 Å². The highest BCUT2D eigenvalue weighted by Crippen LogP contribution is 2.40. The lowest BCUT2D eigenvalue weighted by molar-refractivity contribution is -0.137. The van der Waals surface area contributed by atoms with Crippen molar-refractivity contribution in [2.75, 3.05) is 11.9 Å². The summed E-state index contributed by atoms with van der Waals surface area (Å²) in [6.45, 7) is 0. The molecule has 2 saturated carbocycles. The second-order valence-corrected chi connectivity index (χ2v) is 8.05. The molecule has 0 aliphatic heterocycles. The van der Waals surface area contributed by atoms with Crippen LogP contribution in [0.4, 0.5) is 24.7 Å². The van der Waals surface area contributed by atoms with Crippen molar-refractivity contribution in [2.45, 2.75) is 69.6 Å². The first kappa shape index (κ1) is 20.0. The smallest absolute Gasteiger partial charge is 0.421 e. The fourth-order valence-corrected chi connectivity index (χ4v) is 4.39. The number of ether oxygens (including phenoxy) is 1. The lowest BCUT2D eigenvalue weighted by Gasteiger charge is -2.24. The lowest BCUT2D eigenvalue weighted by Crippen LogP contribution is -2.21. The van der Waals surface area contributed by atoms with Crippen LogP contribution in [0.3, 0.4) is 0 Å². The van der Waals surface area contributed by atoms with E-state index in [1.807, 2.05) is 18.2 Å². The number of benzene rings is 1. The Kier molecular flexibility index (Phi) is 5.65. The Morgan fingerprint density at radius 2 is 1.72 bits per heavy atom. The standard InChI is InChI=1S/C22H26F3N3O/c1-28(17-10-6-9-16(13-17)15-7-2-3-8-15)20-19(22(23,24)25)14-26-21(27-20)29-18-11-4-5-12-18/h6,9-10,13-15,18H,2-5,7-8,11-12H2,1H3. The number of alkyl halides is 3. The van der Waals surface area contributed by atoms with Crippen molar-refractivity contribution >= 4 is 11.5 Å². The molecule has 0 saturated heterocycles. The van der Waals surface area contributed by atoms with Gasteiger partial charge in [0.1, 0.15) is 11.7 Å². The summed E-state index contributed by atoms with van der Waals surface area (Å²) >= 11 is 0. The zero-order chi connectivity index (χ0) is 20.4. The van der Waals surface area contributed by atoms with Crippen LogP contribution in [0.1, 0.15) is 68.4 Å². The zero-order valence-electron chi connectivity index (χ0n) is 16.6. The molecule has 1 aromatic carbocycles. The minimum atomic E-state index is -4.54. The van der Waals surface area contributed by atoms with Gasteiger partial charge in [-0.2, -0.15) is 18.2 Å². The third-order valence-corrected chi connectivity index (χ3v) is 6.03. The fraction of sp³-hybridized carbons (Fsp3) is 0.545. The Hall–Kier alpha value is -2.31.